The van der Waals surface area contributed by atoms with Crippen LogP contribution in [0.2, 0.25) is 0 Å². The van der Waals surface area contributed by atoms with Gasteiger partial charge in [-0.1, -0.05) is 72.8 Å². The summed E-state index contributed by atoms with van der Waals surface area (Å²) in [6, 6.07) is 25.5. The number of fused-ring (bicyclic) bond motifs is 1. The van der Waals surface area contributed by atoms with E-state index in [-0.39, 0.29) is 6.04 Å². The fourth-order valence-electron chi connectivity index (χ4n) is 3.86. The molecule has 0 aliphatic rings. The molecule has 1 heterocycles. The Labute approximate surface area is 166 Å². The van der Waals surface area contributed by atoms with Gasteiger partial charge in [-0.2, -0.15) is 0 Å². The third-order valence-corrected chi connectivity index (χ3v) is 5.58. The minimum absolute atomic E-state index is 0.199. The second-order valence-corrected chi connectivity index (χ2v) is 7.38. The van der Waals surface area contributed by atoms with Gasteiger partial charge >= 0.3 is 0 Å². The number of anilines is 1. The SMILES string of the molecule is Cc1cccc(C)c1-c1nnc(N(C)[C@@H](C)c2ccccc2)c2ccccc12. The van der Waals surface area contributed by atoms with Gasteiger partial charge in [0, 0.05) is 23.4 Å². The number of benzene rings is 3. The molecule has 0 N–H and O–H groups in total. The van der Waals surface area contributed by atoms with Crippen LogP contribution in [0, 0.1) is 13.8 Å². The van der Waals surface area contributed by atoms with Crippen molar-refractivity contribution in [3.05, 3.63) is 89.5 Å². The number of rotatable bonds is 4. The van der Waals surface area contributed by atoms with Gasteiger partial charge in [0.1, 0.15) is 5.69 Å². The Morgan fingerprint density at radius 1 is 0.714 bits per heavy atom. The molecule has 0 fully saturated rings. The lowest BCUT2D eigenvalue weighted by Gasteiger charge is -2.27. The molecule has 3 aromatic carbocycles. The topological polar surface area (TPSA) is 29.0 Å². The average Bonchev–Trinajstić information content (AvgIpc) is 2.73. The number of aryl methyl sites for hydroxylation is 2. The normalized spacial score (nSPS) is 12.1. The molecule has 0 radical (unpaired) electrons. The Bertz CT molecular complexity index is 1100. The van der Waals surface area contributed by atoms with E-state index >= 15 is 0 Å². The average molecular weight is 367 g/mol. The van der Waals surface area contributed by atoms with Crippen LogP contribution in [0.3, 0.4) is 0 Å². The van der Waals surface area contributed by atoms with Crippen molar-refractivity contribution in [3.63, 3.8) is 0 Å². The molecule has 0 unspecified atom stereocenters. The van der Waals surface area contributed by atoms with Gasteiger partial charge in [0.25, 0.3) is 0 Å². The molecule has 0 spiro atoms. The molecule has 3 heteroatoms. The molecule has 4 aromatic rings. The predicted molar refractivity (Wildman–Crippen MR) is 118 cm³/mol. The number of aromatic nitrogens is 2. The maximum absolute atomic E-state index is 4.70. The van der Waals surface area contributed by atoms with Gasteiger partial charge < -0.3 is 4.90 Å². The molecule has 1 atom stereocenters. The summed E-state index contributed by atoms with van der Waals surface area (Å²) in [5, 5.41) is 11.7. The lowest BCUT2D eigenvalue weighted by Crippen LogP contribution is -2.23. The molecule has 0 aliphatic carbocycles. The Kier molecular flexibility index (Phi) is 4.82. The Morgan fingerprint density at radius 3 is 2.00 bits per heavy atom. The molecule has 0 saturated heterocycles. The van der Waals surface area contributed by atoms with Crippen molar-refractivity contribution < 1.29 is 0 Å². The fourth-order valence-corrected chi connectivity index (χ4v) is 3.86. The van der Waals surface area contributed by atoms with Crippen LogP contribution < -0.4 is 4.90 Å². The van der Waals surface area contributed by atoms with Gasteiger partial charge in [0.15, 0.2) is 5.82 Å². The Morgan fingerprint density at radius 2 is 1.32 bits per heavy atom. The van der Waals surface area contributed by atoms with E-state index in [0.717, 1.165) is 22.3 Å². The molecule has 28 heavy (non-hydrogen) atoms. The zero-order valence-electron chi connectivity index (χ0n) is 16.8. The highest BCUT2D eigenvalue weighted by Crippen LogP contribution is 2.36. The zero-order valence-corrected chi connectivity index (χ0v) is 16.8. The molecule has 0 bridgehead atoms. The summed E-state index contributed by atoms with van der Waals surface area (Å²) in [4.78, 5) is 2.21. The number of nitrogens with zero attached hydrogens (tertiary/aromatic N) is 3. The minimum Gasteiger partial charge on any atom is -0.351 e. The van der Waals surface area contributed by atoms with Crippen molar-refractivity contribution in [3.8, 4) is 11.3 Å². The first-order chi connectivity index (χ1) is 13.6. The predicted octanol–water partition coefficient (Wildman–Crippen LogP) is 6.11. The highest BCUT2D eigenvalue weighted by atomic mass is 15.3. The third kappa shape index (κ3) is 3.13. The summed E-state index contributed by atoms with van der Waals surface area (Å²) < 4.78 is 0. The second-order valence-electron chi connectivity index (χ2n) is 7.38. The van der Waals surface area contributed by atoms with Gasteiger partial charge in [-0.3, -0.25) is 0 Å². The van der Waals surface area contributed by atoms with E-state index in [1.165, 1.54) is 22.3 Å². The van der Waals surface area contributed by atoms with Crippen molar-refractivity contribution >= 4 is 16.6 Å². The molecule has 1 aromatic heterocycles. The molecule has 4 rings (SSSR count). The van der Waals surface area contributed by atoms with E-state index in [1.54, 1.807) is 0 Å². The zero-order chi connectivity index (χ0) is 19.7. The van der Waals surface area contributed by atoms with Crippen LogP contribution in [-0.4, -0.2) is 17.2 Å². The van der Waals surface area contributed by atoms with Crippen LogP contribution in [0.1, 0.15) is 29.7 Å². The third-order valence-electron chi connectivity index (χ3n) is 5.58. The van der Waals surface area contributed by atoms with Crippen molar-refractivity contribution in [1.82, 2.24) is 10.2 Å². The van der Waals surface area contributed by atoms with E-state index in [4.69, 9.17) is 5.10 Å². The first kappa shape index (κ1) is 18.2. The van der Waals surface area contributed by atoms with E-state index in [1.807, 2.05) is 6.07 Å². The molecule has 0 aliphatic heterocycles. The Hall–Kier alpha value is -3.20. The quantitative estimate of drug-likeness (QED) is 0.436. The number of hydrogen-bond acceptors (Lipinski definition) is 3. The highest BCUT2D eigenvalue weighted by molar-refractivity contribution is 6.01. The van der Waals surface area contributed by atoms with Crippen LogP contribution in [0.4, 0.5) is 5.82 Å². The van der Waals surface area contributed by atoms with Crippen molar-refractivity contribution in [2.45, 2.75) is 26.8 Å². The van der Waals surface area contributed by atoms with Crippen LogP contribution in [0.5, 0.6) is 0 Å². The maximum atomic E-state index is 4.70. The van der Waals surface area contributed by atoms with Gasteiger partial charge in [0.2, 0.25) is 0 Å². The van der Waals surface area contributed by atoms with E-state index in [9.17, 15) is 0 Å². The monoisotopic (exact) mass is 367 g/mol. The largest absolute Gasteiger partial charge is 0.351 e. The van der Waals surface area contributed by atoms with Crippen molar-refractivity contribution in [2.75, 3.05) is 11.9 Å². The summed E-state index contributed by atoms with van der Waals surface area (Å²) in [7, 11) is 2.09. The van der Waals surface area contributed by atoms with Crippen LogP contribution in [0.25, 0.3) is 22.0 Å². The van der Waals surface area contributed by atoms with Gasteiger partial charge in [-0.25, -0.2) is 0 Å². The summed E-state index contributed by atoms with van der Waals surface area (Å²) in [6.45, 7) is 6.47. The molecule has 3 nitrogen and oxygen atoms in total. The number of hydrogen-bond donors (Lipinski definition) is 0. The first-order valence-electron chi connectivity index (χ1n) is 9.67. The molecular formula is C25H25N3. The summed E-state index contributed by atoms with van der Waals surface area (Å²) >= 11 is 0. The van der Waals surface area contributed by atoms with Crippen LogP contribution in [0.15, 0.2) is 72.8 Å². The summed E-state index contributed by atoms with van der Waals surface area (Å²) in [5.41, 5.74) is 5.83. The Balaban J connectivity index is 1.87. The van der Waals surface area contributed by atoms with Crippen molar-refractivity contribution in [1.29, 1.82) is 0 Å². The minimum atomic E-state index is 0.199. The standard InChI is InChI=1S/C25H25N3/c1-17-11-10-12-18(2)23(17)24-21-15-8-9-16-22(21)25(27-26-24)28(4)19(3)20-13-6-5-7-14-20/h5-16,19H,1-4H3/t19-/m0/s1. The van der Waals surface area contributed by atoms with E-state index < -0.39 is 0 Å². The van der Waals surface area contributed by atoms with E-state index in [0.29, 0.717) is 0 Å². The molecular weight excluding hydrogens is 342 g/mol. The van der Waals surface area contributed by atoms with Gasteiger partial charge in [-0.15, -0.1) is 10.2 Å². The second kappa shape index (κ2) is 7.43. The lowest BCUT2D eigenvalue weighted by atomic mass is 9.96. The highest BCUT2D eigenvalue weighted by Gasteiger charge is 2.19. The first-order valence-corrected chi connectivity index (χ1v) is 9.67. The van der Waals surface area contributed by atoms with E-state index in [2.05, 4.69) is 105 Å². The fraction of sp³-hybridized carbons (Fsp3) is 0.200. The summed E-state index contributed by atoms with van der Waals surface area (Å²) in [6.07, 6.45) is 0. The van der Waals surface area contributed by atoms with Gasteiger partial charge in [-0.05, 0) is 37.5 Å². The van der Waals surface area contributed by atoms with Crippen LogP contribution >= 0.6 is 0 Å². The van der Waals surface area contributed by atoms with Crippen LogP contribution in [-0.2, 0) is 0 Å². The molecule has 140 valence electrons. The molecule has 0 amide bonds. The summed E-state index contributed by atoms with van der Waals surface area (Å²) in [5.74, 6) is 0.905. The van der Waals surface area contributed by atoms with Gasteiger partial charge in [0.05, 0.1) is 6.04 Å². The van der Waals surface area contributed by atoms with Crippen molar-refractivity contribution in [2.24, 2.45) is 0 Å². The molecule has 0 saturated carbocycles. The smallest absolute Gasteiger partial charge is 0.159 e. The lowest BCUT2D eigenvalue weighted by molar-refractivity contribution is 0.725. The maximum Gasteiger partial charge on any atom is 0.159 e.